The minimum atomic E-state index is -0.0896. The van der Waals surface area contributed by atoms with Gasteiger partial charge in [-0.3, -0.25) is 0 Å². The van der Waals surface area contributed by atoms with E-state index in [0.29, 0.717) is 17.8 Å². The lowest BCUT2D eigenvalue weighted by Gasteiger charge is -2.37. The molecular formula is C44H64F2. The molecule has 0 spiro atoms. The second-order valence-electron chi connectivity index (χ2n) is 15.9. The van der Waals surface area contributed by atoms with Crippen LogP contribution in [0.3, 0.4) is 0 Å². The first-order valence-electron chi connectivity index (χ1n) is 19.6. The van der Waals surface area contributed by atoms with Crippen molar-refractivity contribution in [2.45, 2.75) is 160 Å². The first-order valence-corrected chi connectivity index (χ1v) is 19.6. The van der Waals surface area contributed by atoms with Crippen molar-refractivity contribution in [3.63, 3.8) is 0 Å². The predicted octanol–water partition coefficient (Wildman–Crippen LogP) is 14.1. The van der Waals surface area contributed by atoms with Gasteiger partial charge in [0.2, 0.25) is 0 Å². The molecule has 0 aromatic heterocycles. The molecule has 0 unspecified atom stereocenters. The molecule has 2 aromatic rings. The molecule has 4 aliphatic carbocycles. The van der Waals surface area contributed by atoms with Crippen molar-refractivity contribution in [3.05, 3.63) is 83.4 Å². The van der Waals surface area contributed by atoms with E-state index in [-0.39, 0.29) is 11.6 Å². The number of allylic oxidation sites excluding steroid dienone is 1. The van der Waals surface area contributed by atoms with E-state index in [1.807, 2.05) is 12.1 Å². The van der Waals surface area contributed by atoms with Gasteiger partial charge in [0.15, 0.2) is 0 Å². The average molecular weight is 631 g/mol. The zero-order chi connectivity index (χ0) is 32.3. The van der Waals surface area contributed by atoms with Gasteiger partial charge in [0, 0.05) is 0 Å². The Hall–Kier alpha value is -1.96. The lowest BCUT2D eigenvalue weighted by Crippen LogP contribution is -2.25. The predicted molar refractivity (Wildman–Crippen MR) is 192 cm³/mol. The Bertz CT molecular complexity index is 1170. The lowest BCUT2D eigenvalue weighted by atomic mass is 9.68. The van der Waals surface area contributed by atoms with E-state index < -0.39 is 0 Å². The molecule has 2 heteroatoms. The number of hydrogen-bond donors (Lipinski definition) is 0. The maximum atomic E-state index is 15.1. The summed E-state index contributed by atoms with van der Waals surface area (Å²) in [5, 5.41) is 0. The highest BCUT2D eigenvalue weighted by atomic mass is 19.1. The molecule has 2 aromatic carbocycles. The first-order chi connectivity index (χ1) is 22.5. The van der Waals surface area contributed by atoms with Crippen LogP contribution in [0.1, 0.15) is 177 Å². The second kappa shape index (κ2) is 18.0. The topological polar surface area (TPSA) is 0 Å². The summed E-state index contributed by atoms with van der Waals surface area (Å²) in [6.45, 7) is 8.54. The van der Waals surface area contributed by atoms with Crippen LogP contribution in [0.15, 0.2) is 55.1 Å². The zero-order valence-corrected chi connectivity index (χ0v) is 29.3. The van der Waals surface area contributed by atoms with Gasteiger partial charge in [0.1, 0.15) is 11.6 Å². The molecule has 0 amide bonds. The fraction of sp³-hybridized carbons (Fsp3) is 0.682. The fourth-order valence-electron chi connectivity index (χ4n) is 10.0. The minimum Gasteiger partial charge on any atom is -0.207 e. The van der Waals surface area contributed by atoms with Crippen LogP contribution >= 0.6 is 0 Å². The molecule has 0 nitrogen and oxygen atoms in total. The Morgan fingerprint density at radius 3 is 1.57 bits per heavy atom. The molecule has 254 valence electrons. The summed E-state index contributed by atoms with van der Waals surface area (Å²) < 4.78 is 28.2. The summed E-state index contributed by atoms with van der Waals surface area (Å²) in [7, 11) is 0. The van der Waals surface area contributed by atoms with Crippen LogP contribution in [0.25, 0.3) is 0 Å². The molecule has 0 heterocycles. The minimum absolute atomic E-state index is 0.0816. The molecule has 0 radical (unpaired) electrons. The van der Waals surface area contributed by atoms with Gasteiger partial charge in [0.25, 0.3) is 0 Å². The van der Waals surface area contributed by atoms with Crippen molar-refractivity contribution < 1.29 is 8.78 Å². The highest BCUT2D eigenvalue weighted by Gasteiger charge is 2.32. The zero-order valence-electron chi connectivity index (χ0n) is 29.3. The highest BCUT2D eigenvalue weighted by molar-refractivity contribution is 5.30. The molecule has 46 heavy (non-hydrogen) atoms. The maximum Gasteiger partial charge on any atom is 0.126 e. The molecule has 6 rings (SSSR count). The Balaban J connectivity index is 0.000000219. The first kappa shape index (κ1) is 35.3. The fourth-order valence-corrected chi connectivity index (χ4v) is 10.0. The quantitative estimate of drug-likeness (QED) is 0.242. The van der Waals surface area contributed by atoms with Crippen LogP contribution < -0.4 is 0 Å². The third-order valence-corrected chi connectivity index (χ3v) is 12.9. The van der Waals surface area contributed by atoms with Gasteiger partial charge in [-0.25, -0.2) is 8.78 Å². The number of rotatable bonds is 9. The molecule has 4 saturated carbocycles. The van der Waals surface area contributed by atoms with E-state index >= 15 is 4.39 Å². The summed E-state index contributed by atoms with van der Waals surface area (Å²) in [5.41, 5.74) is 3.47. The third kappa shape index (κ3) is 9.79. The molecular weight excluding hydrogens is 566 g/mol. The summed E-state index contributed by atoms with van der Waals surface area (Å²) in [6.07, 6.45) is 28.2. The summed E-state index contributed by atoms with van der Waals surface area (Å²) in [6, 6.07) is 13.5. The molecule has 4 fully saturated rings. The lowest BCUT2D eigenvalue weighted by molar-refractivity contribution is 0.171. The van der Waals surface area contributed by atoms with E-state index in [1.54, 1.807) is 6.07 Å². The van der Waals surface area contributed by atoms with E-state index in [4.69, 9.17) is 0 Å². The number of benzene rings is 2. The summed E-state index contributed by atoms with van der Waals surface area (Å²) >= 11 is 0. The van der Waals surface area contributed by atoms with Gasteiger partial charge in [-0.15, -0.1) is 6.58 Å². The van der Waals surface area contributed by atoms with Gasteiger partial charge in [-0.2, -0.15) is 0 Å². The van der Waals surface area contributed by atoms with E-state index in [1.165, 1.54) is 146 Å². The average Bonchev–Trinajstić information content (AvgIpc) is 3.10. The van der Waals surface area contributed by atoms with Gasteiger partial charge >= 0.3 is 0 Å². The summed E-state index contributed by atoms with van der Waals surface area (Å²) in [4.78, 5) is 0. The van der Waals surface area contributed by atoms with Crippen LogP contribution in [0.4, 0.5) is 8.78 Å². The van der Waals surface area contributed by atoms with Gasteiger partial charge in [-0.1, -0.05) is 69.9 Å². The van der Waals surface area contributed by atoms with Crippen LogP contribution in [0.5, 0.6) is 0 Å². The van der Waals surface area contributed by atoms with Crippen LogP contribution in [0, 0.1) is 41.2 Å². The van der Waals surface area contributed by atoms with E-state index in [9.17, 15) is 4.39 Å². The molecule has 0 atom stereocenters. The van der Waals surface area contributed by atoms with Crippen molar-refractivity contribution in [2.24, 2.45) is 29.6 Å². The SMILES string of the molecule is C=CC1CCC(C2CCC(c3ccc(C4CCC(CCC)CC4)cc3F)CC2)CC1.CCCC1CCC(c2cccc(F)c2)CC1. The Labute approximate surface area is 281 Å². The molecule has 0 bridgehead atoms. The van der Waals surface area contributed by atoms with E-state index in [0.717, 1.165) is 35.2 Å². The molecule has 0 saturated heterocycles. The van der Waals surface area contributed by atoms with E-state index in [2.05, 4.69) is 44.7 Å². The van der Waals surface area contributed by atoms with Crippen molar-refractivity contribution in [1.29, 1.82) is 0 Å². The number of halogens is 2. The number of hydrogen-bond acceptors (Lipinski definition) is 0. The second-order valence-corrected chi connectivity index (χ2v) is 15.9. The molecule has 0 N–H and O–H groups in total. The van der Waals surface area contributed by atoms with Crippen molar-refractivity contribution in [1.82, 2.24) is 0 Å². The normalized spacial score (nSPS) is 31.8. The maximum absolute atomic E-state index is 15.1. The standard InChI is InChI=1S/C29H43F.C15H21F/c1-3-5-22-8-12-25(13-9-22)27-18-19-28(29(30)20-27)26-16-14-24(15-17-26)23-10-6-21(4-2)7-11-23;1-2-4-12-7-9-13(10-8-12)14-5-3-6-15(16)11-14/h4,18-26H,2-3,5-17H2,1H3;3,5-6,11-13H,2,4,7-10H2,1H3. The third-order valence-electron chi connectivity index (χ3n) is 12.9. The Morgan fingerprint density at radius 1 is 0.587 bits per heavy atom. The van der Waals surface area contributed by atoms with Gasteiger partial charge in [0.05, 0.1) is 0 Å². The van der Waals surface area contributed by atoms with Gasteiger partial charge in [-0.05, 0) is 185 Å². The van der Waals surface area contributed by atoms with Gasteiger partial charge < -0.3 is 0 Å². The van der Waals surface area contributed by atoms with Crippen LogP contribution in [-0.2, 0) is 0 Å². The van der Waals surface area contributed by atoms with Crippen molar-refractivity contribution in [3.8, 4) is 0 Å². The van der Waals surface area contributed by atoms with Crippen molar-refractivity contribution in [2.75, 3.05) is 0 Å². The molecule has 0 aliphatic heterocycles. The molecule has 4 aliphatic rings. The Morgan fingerprint density at radius 2 is 1.09 bits per heavy atom. The monoisotopic (exact) mass is 630 g/mol. The largest absolute Gasteiger partial charge is 0.207 e. The highest BCUT2D eigenvalue weighted by Crippen LogP contribution is 2.45. The van der Waals surface area contributed by atoms with Crippen LogP contribution in [-0.4, -0.2) is 0 Å². The summed E-state index contributed by atoms with van der Waals surface area (Å²) in [5.74, 6) is 6.02. The van der Waals surface area contributed by atoms with Crippen LogP contribution in [0.2, 0.25) is 0 Å². The smallest absolute Gasteiger partial charge is 0.126 e. The Kier molecular flexibility index (Phi) is 13.8. The van der Waals surface area contributed by atoms with Crippen molar-refractivity contribution >= 4 is 0 Å².